The third kappa shape index (κ3) is 3.57. The smallest absolute Gasteiger partial charge is 0.0799 e. The minimum atomic E-state index is -3.83. The molecule has 2 aromatic rings. The van der Waals surface area contributed by atoms with Gasteiger partial charge in [0, 0.05) is 20.0 Å². The van der Waals surface area contributed by atoms with Crippen molar-refractivity contribution in [1.29, 1.82) is 0 Å². The molecule has 0 amide bonds. The van der Waals surface area contributed by atoms with Crippen LogP contribution in [-0.4, -0.2) is 13.1 Å². The Bertz CT molecular complexity index is 739. The molecule has 0 unspecified atom stereocenters. The van der Waals surface area contributed by atoms with Gasteiger partial charge in [0.15, 0.2) is 0 Å². The highest BCUT2D eigenvalue weighted by Crippen LogP contribution is 2.20. The summed E-state index contributed by atoms with van der Waals surface area (Å²) in [5.74, 6) is 0.270. The molecule has 0 aliphatic rings. The first kappa shape index (κ1) is 8.78. The molecule has 0 fully saturated rings. The van der Waals surface area contributed by atoms with Crippen molar-refractivity contribution >= 4 is 13.3 Å². The summed E-state index contributed by atoms with van der Waals surface area (Å²) >= 11 is 0. The standard InChI is InChI=1S/C18H25NSi/c1-14(2)11-16-12-17(15-9-7-6-8-10-15)19-13-18(16)20(3,4)5/h6-10,12-14H,11H2,1-5H3/i3D3,4D3. The van der Waals surface area contributed by atoms with Crippen molar-refractivity contribution < 1.29 is 8.22 Å². The highest BCUT2D eigenvalue weighted by atomic mass is 28.3. The van der Waals surface area contributed by atoms with E-state index in [0.29, 0.717) is 11.6 Å². The second-order valence-corrected chi connectivity index (χ2v) is 8.60. The highest BCUT2D eigenvalue weighted by molar-refractivity contribution is 6.89. The number of pyridine rings is 1. The molecule has 1 aromatic carbocycles. The van der Waals surface area contributed by atoms with Crippen LogP contribution in [0.5, 0.6) is 0 Å². The van der Waals surface area contributed by atoms with Crippen LogP contribution in [0, 0.1) is 5.92 Å². The zero-order valence-corrected chi connectivity index (χ0v) is 13.3. The molecule has 0 aliphatic heterocycles. The topological polar surface area (TPSA) is 12.9 Å². The Kier molecular flexibility index (Phi) is 2.60. The summed E-state index contributed by atoms with van der Waals surface area (Å²) in [5, 5.41) is 0.422. The van der Waals surface area contributed by atoms with Gasteiger partial charge in [0.05, 0.1) is 13.8 Å². The van der Waals surface area contributed by atoms with Crippen molar-refractivity contribution in [2.45, 2.75) is 39.8 Å². The molecular formula is C18H25NSi. The van der Waals surface area contributed by atoms with E-state index >= 15 is 0 Å². The van der Waals surface area contributed by atoms with Crippen LogP contribution in [-0.2, 0) is 6.42 Å². The van der Waals surface area contributed by atoms with Crippen molar-refractivity contribution in [2.75, 3.05) is 0 Å². The molecule has 1 nitrogen and oxygen atoms in total. The number of hydrogen-bond donors (Lipinski definition) is 0. The first-order chi connectivity index (χ1) is 11.9. The monoisotopic (exact) mass is 289 g/mol. The van der Waals surface area contributed by atoms with Gasteiger partial charge in [-0.2, -0.15) is 0 Å². The van der Waals surface area contributed by atoms with Gasteiger partial charge in [0.2, 0.25) is 0 Å². The lowest BCUT2D eigenvalue weighted by Crippen LogP contribution is -2.40. The van der Waals surface area contributed by atoms with Gasteiger partial charge in [-0.1, -0.05) is 63.7 Å². The van der Waals surface area contributed by atoms with Gasteiger partial charge < -0.3 is 0 Å². The normalized spacial score (nSPS) is 17.6. The molecular weight excluding hydrogens is 258 g/mol. The van der Waals surface area contributed by atoms with Gasteiger partial charge in [-0.3, -0.25) is 4.98 Å². The van der Waals surface area contributed by atoms with Crippen LogP contribution in [0.4, 0.5) is 0 Å². The predicted octanol–water partition coefficient (Wildman–Crippen LogP) is 4.49. The van der Waals surface area contributed by atoms with Gasteiger partial charge in [0.1, 0.15) is 0 Å². The number of rotatable bonds is 4. The molecule has 2 rings (SSSR count). The first-order valence-electron chi connectivity index (χ1n) is 9.93. The minimum Gasteiger partial charge on any atom is -0.256 e. The Morgan fingerprint density at radius 1 is 1.20 bits per heavy atom. The zero-order valence-electron chi connectivity index (χ0n) is 18.3. The third-order valence-corrected chi connectivity index (χ3v) is 4.75. The number of benzene rings is 1. The number of aromatic nitrogens is 1. The van der Waals surface area contributed by atoms with Crippen LogP contribution < -0.4 is 5.19 Å². The molecule has 0 radical (unpaired) electrons. The summed E-state index contributed by atoms with van der Waals surface area (Å²) in [6.07, 6.45) is 2.12. The van der Waals surface area contributed by atoms with Gasteiger partial charge in [-0.05, 0) is 29.2 Å². The quantitative estimate of drug-likeness (QED) is 0.756. The molecule has 106 valence electrons. The Morgan fingerprint density at radius 3 is 2.50 bits per heavy atom. The molecule has 20 heavy (non-hydrogen) atoms. The van der Waals surface area contributed by atoms with Gasteiger partial charge in [-0.25, -0.2) is 0 Å². The molecule has 0 saturated heterocycles. The maximum Gasteiger partial charge on any atom is 0.0799 e. The lowest BCUT2D eigenvalue weighted by Gasteiger charge is -2.22. The van der Waals surface area contributed by atoms with Crippen LogP contribution in [0.15, 0.2) is 42.6 Å². The van der Waals surface area contributed by atoms with E-state index in [2.05, 4.69) is 4.98 Å². The average molecular weight is 290 g/mol. The fourth-order valence-corrected chi connectivity index (χ4v) is 3.46. The van der Waals surface area contributed by atoms with Crippen molar-refractivity contribution in [3.63, 3.8) is 0 Å². The summed E-state index contributed by atoms with van der Waals surface area (Å²) in [6.45, 7) is 0.432. The minimum absolute atomic E-state index is 0.270. The molecule has 0 bridgehead atoms. The van der Waals surface area contributed by atoms with Crippen LogP contribution in [0.3, 0.4) is 0 Å². The number of nitrogens with zero attached hydrogens (tertiary/aromatic N) is 1. The summed E-state index contributed by atoms with van der Waals surface area (Å²) in [6, 6.07) is 11.5. The number of hydrogen-bond acceptors (Lipinski definition) is 1. The Labute approximate surface area is 132 Å². The maximum absolute atomic E-state index is 7.98. The highest BCUT2D eigenvalue weighted by Gasteiger charge is 2.21. The van der Waals surface area contributed by atoms with Crippen LogP contribution >= 0.6 is 0 Å². The van der Waals surface area contributed by atoms with E-state index in [-0.39, 0.29) is 5.92 Å². The third-order valence-electron chi connectivity index (χ3n) is 3.23. The second-order valence-electron chi connectivity index (χ2n) is 5.82. The Balaban J connectivity index is 2.71. The Hall–Kier alpha value is -1.41. The maximum atomic E-state index is 7.98. The van der Waals surface area contributed by atoms with Gasteiger partial charge in [0.25, 0.3) is 0 Å². The van der Waals surface area contributed by atoms with E-state index in [1.165, 1.54) is 12.7 Å². The lowest BCUT2D eigenvalue weighted by molar-refractivity contribution is 0.649. The van der Waals surface area contributed by atoms with Crippen molar-refractivity contribution in [3.8, 4) is 11.3 Å². The van der Waals surface area contributed by atoms with E-state index < -0.39 is 21.0 Å². The average Bonchev–Trinajstić information content (AvgIpc) is 2.52. The summed E-state index contributed by atoms with van der Waals surface area (Å²) in [5.41, 5.74) is 2.45. The van der Waals surface area contributed by atoms with E-state index in [4.69, 9.17) is 8.22 Å². The fraction of sp³-hybridized carbons (Fsp3) is 0.389. The fourth-order valence-electron chi connectivity index (χ4n) is 2.32. The van der Waals surface area contributed by atoms with Crippen LogP contribution in [0.1, 0.15) is 27.6 Å². The molecule has 0 spiro atoms. The largest absolute Gasteiger partial charge is 0.256 e. The molecule has 0 aliphatic carbocycles. The van der Waals surface area contributed by atoms with Crippen LogP contribution in [0.25, 0.3) is 11.3 Å². The van der Waals surface area contributed by atoms with Crippen LogP contribution in [0.2, 0.25) is 19.5 Å². The van der Waals surface area contributed by atoms with Crippen molar-refractivity contribution in [2.24, 2.45) is 5.92 Å². The molecule has 1 heterocycles. The van der Waals surface area contributed by atoms with Gasteiger partial charge >= 0.3 is 0 Å². The van der Waals surface area contributed by atoms with E-state index in [0.717, 1.165) is 16.8 Å². The predicted molar refractivity (Wildman–Crippen MR) is 91.2 cm³/mol. The molecule has 0 saturated carbocycles. The van der Waals surface area contributed by atoms with E-state index in [1.807, 2.05) is 50.2 Å². The molecule has 0 atom stereocenters. The molecule has 2 heteroatoms. The van der Waals surface area contributed by atoms with Crippen molar-refractivity contribution in [3.05, 3.63) is 48.2 Å². The molecule has 0 N–H and O–H groups in total. The summed E-state index contributed by atoms with van der Waals surface area (Å²) < 4.78 is 47.9. The van der Waals surface area contributed by atoms with E-state index in [1.54, 1.807) is 0 Å². The van der Waals surface area contributed by atoms with E-state index in [9.17, 15) is 0 Å². The SMILES string of the molecule is [2H]C([2H])([2H])[Si](C)(c1cnc(-c2ccccc2)cc1CC(C)C)C([2H])([2H])[2H]. The lowest BCUT2D eigenvalue weighted by atomic mass is 10.0. The summed E-state index contributed by atoms with van der Waals surface area (Å²) in [4.78, 5) is 4.44. The zero-order chi connectivity index (χ0) is 19.8. The second kappa shape index (κ2) is 5.92. The summed E-state index contributed by atoms with van der Waals surface area (Å²) in [7, 11) is -3.83. The van der Waals surface area contributed by atoms with Gasteiger partial charge in [-0.15, -0.1) is 0 Å². The first-order valence-corrected chi connectivity index (χ1v) is 9.43. The van der Waals surface area contributed by atoms with Crippen molar-refractivity contribution in [1.82, 2.24) is 4.98 Å². The Morgan fingerprint density at radius 2 is 1.90 bits per heavy atom. The molecule has 1 aromatic heterocycles.